The second-order valence-corrected chi connectivity index (χ2v) is 6.53. The molecule has 21 heavy (non-hydrogen) atoms. The summed E-state index contributed by atoms with van der Waals surface area (Å²) in [5.74, 6) is -0.598. The van der Waals surface area contributed by atoms with Gasteiger partial charge in [-0.3, -0.25) is 4.79 Å². The highest BCUT2D eigenvalue weighted by Gasteiger charge is 2.17. The first kappa shape index (κ1) is 16.1. The van der Waals surface area contributed by atoms with Crippen molar-refractivity contribution in [1.29, 1.82) is 0 Å². The number of anilines is 1. The summed E-state index contributed by atoms with van der Waals surface area (Å²) < 4.78 is 13.6. The Hall–Kier alpha value is -1.23. The van der Waals surface area contributed by atoms with Crippen LogP contribution in [0.15, 0.2) is 47.4 Å². The van der Waals surface area contributed by atoms with Crippen molar-refractivity contribution in [3.63, 3.8) is 0 Å². The Morgan fingerprint density at radius 3 is 2.62 bits per heavy atom. The monoisotopic (exact) mass is 343 g/mol. The van der Waals surface area contributed by atoms with Crippen molar-refractivity contribution in [2.45, 2.75) is 17.1 Å². The summed E-state index contributed by atoms with van der Waals surface area (Å²) in [5, 5.41) is 3.09. The molecule has 0 heterocycles. The predicted octanol–water partition coefficient (Wildman–Crippen LogP) is 5.25. The Morgan fingerprint density at radius 1 is 1.24 bits per heavy atom. The van der Waals surface area contributed by atoms with E-state index in [-0.39, 0.29) is 11.7 Å². The molecule has 0 aromatic heterocycles. The van der Waals surface area contributed by atoms with Crippen molar-refractivity contribution in [2.75, 3.05) is 5.32 Å². The lowest BCUT2D eigenvalue weighted by molar-refractivity contribution is -0.115. The summed E-state index contributed by atoms with van der Waals surface area (Å²) in [5.41, 5.74) is 0.479. The summed E-state index contributed by atoms with van der Waals surface area (Å²) in [6, 6.07) is 11.2. The fraction of sp³-hybridized carbons (Fsp3) is 0.133. The molecule has 110 valence electrons. The van der Waals surface area contributed by atoms with E-state index < -0.39 is 5.25 Å². The average Bonchev–Trinajstić information content (AvgIpc) is 2.44. The topological polar surface area (TPSA) is 29.1 Å². The zero-order valence-corrected chi connectivity index (χ0v) is 13.4. The van der Waals surface area contributed by atoms with Crippen LogP contribution >= 0.6 is 35.0 Å². The molecule has 2 aromatic rings. The van der Waals surface area contributed by atoms with Gasteiger partial charge in [0.05, 0.1) is 16.0 Å². The maximum Gasteiger partial charge on any atom is 0.237 e. The van der Waals surface area contributed by atoms with E-state index >= 15 is 0 Å². The summed E-state index contributed by atoms with van der Waals surface area (Å²) >= 11 is 12.9. The molecule has 0 aliphatic rings. The van der Waals surface area contributed by atoms with Crippen LogP contribution in [0, 0.1) is 5.82 Å². The first-order chi connectivity index (χ1) is 9.97. The van der Waals surface area contributed by atoms with Crippen molar-refractivity contribution in [3.8, 4) is 0 Å². The molecule has 1 unspecified atom stereocenters. The number of thioether (sulfide) groups is 1. The Morgan fingerprint density at radius 2 is 1.95 bits per heavy atom. The van der Waals surface area contributed by atoms with Crippen molar-refractivity contribution in [1.82, 2.24) is 0 Å². The molecule has 0 spiro atoms. The van der Waals surface area contributed by atoms with E-state index in [1.165, 1.54) is 6.07 Å². The highest BCUT2D eigenvalue weighted by atomic mass is 35.5. The van der Waals surface area contributed by atoms with Crippen LogP contribution in [0.1, 0.15) is 6.92 Å². The second kappa shape index (κ2) is 7.16. The maximum atomic E-state index is 13.6. The zero-order chi connectivity index (χ0) is 15.4. The molecule has 1 N–H and O–H groups in total. The lowest BCUT2D eigenvalue weighted by atomic mass is 10.3. The zero-order valence-electron chi connectivity index (χ0n) is 11.1. The van der Waals surface area contributed by atoms with Gasteiger partial charge in [0, 0.05) is 9.92 Å². The Labute approximate surface area is 136 Å². The molecule has 0 saturated carbocycles. The molecule has 0 fully saturated rings. The number of carbonyl (C=O) groups is 1. The van der Waals surface area contributed by atoms with Gasteiger partial charge in [-0.1, -0.05) is 35.3 Å². The van der Waals surface area contributed by atoms with Gasteiger partial charge in [-0.15, -0.1) is 11.8 Å². The molecule has 6 heteroatoms. The standard InChI is InChI=1S/C15H12Cl2FNOS/c1-9(21-14-5-3-2-4-12(14)18)15(20)19-13-7-6-10(16)8-11(13)17/h2-9H,1H3,(H,19,20). The number of nitrogens with one attached hydrogen (secondary N) is 1. The van der Waals surface area contributed by atoms with Gasteiger partial charge in [-0.2, -0.15) is 0 Å². The molecule has 0 aliphatic carbocycles. The molecule has 1 amide bonds. The minimum absolute atomic E-state index is 0.257. The number of halogens is 3. The number of hydrogen-bond donors (Lipinski definition) is 1. The van der Waals surface area contributed by atoms with Gasteiger partial charge in [-0.25, -0.2) is 4.39 Å². The van der Waals surface area contributed by atoms with E-state index in [1.54, 1.807) is 43.3 Å². The molecule has 0 aliphatic heterocycles. The van der Waals surface area contributed by atoms with E-state index in [1.807, 2.05) is 0 Å². The second-order valence-electron chi connectivity index (χ2n) is 4.30. The predicted molar refractivity (Wildman–Crippen MR) is 86.8 cm³/mol. The minimum atomic E-state index is -0.464. The fourth-order valence-corrected chi connectivity index (χ4v) is 2.95. The van der Waals surface area contributed by atoms with Crippen molar-refractivity contribution in [2.24, 2.45) is 0 Å². The molecule has 1 atom stereocenters. The molecular weight excluding hydrogens is 332 g/mol. The average molecular weight is 344 g/mol. The number of hydrogen-bond acceptors (Lipinski definition) is 2. The summed E-state index contributed by atoms with van der Waals surface area (Å²) in [6.07, 6.45) is 0. The SMILES string of the molecule is CC(Sc1ccccc1F)C(=O)Nc1ccc(Cl)cc1Cl. The van der Waals surface area contributed by atoms with Gasteiger partial charge >= 0.3 is 0 Å². The number of rotatable bonds is 4. The van der Waals surface area contributed by atoms with Gasteiger partial charge in [0.1, 0.15) is 5.82 Å². The van der Waals surface area contributed by atoms with Crippen molar-refractivity contribution >= 4 is 46.6 Å². The molecular formula is C15H12Cl2FNOS. The van der Waals surface area contributed by atoms with E-state index in [9.17, 15) is 9.18 Å². The van der Waals surface area contributed by atoms with E-state index in [0.29, 0.717) is 20.6 Å². The molecule has 0 radical (unpaired) electrons. The number of carbonyl (C=O) groups excluding carboxylic acids is 1. The normalized spacial score (nSPS) is 12.0. The van der Waals surface area contributed by atoms with Crippen LogP contribution in [0.4, 0.5) is 10.1 Å². The third kappa shape index (κ3) is 4.37. The Balaban J connectivity index is 2.04. The fourth-order valence-electron chi connectivity index (χ4n) is 1.61. The lowest BCUT2D eigenvalue weighted by Crippen LogP contribution is -2.22. The summed E-state index contributed by atoms with van der Waals surface area (Å²) in [6.45, 7) is 1.70. The minimum Gasteiger partial charge on any atom is -0.324 e. The van der Waals surface area contributed by atoms with Gasteiger partial charge in [0.25, 0.3) is 0 Å². The van der Waals surface area contributed by atoms with Crippen molar-refractivity contribution < 1.29 is 9.18 Å². The van der Waals surface area contributed by atoms with Crippen LogP contribution in [0.25, 0.3) is 0 Å². The van der Waals surface area contributed by atoms with Crippen LogP contribution in [0.3, 0.4) is 0 Å². The maximum absolute atomic E-state index is 13.6. The van der Waals surface area contributed by atoms with Crippen LogP contribution in [-0.2, 0) is 4.79 Å². The molecule has 2 nitrogen and oxygen atoms in total. The van der Waals surface area contributed by atoms with E-state index in [2.05, 4.69) is 5.32 Å². The quantitative estimate of drug-likeness (QED) is 0.768. The van der Waals surface area contributed by atoms with Crippen LogP contribution < -0.4 is 5.32 Å². The third-order valence-corrected chi connectivity index (χ3v) is 4.40. The first-order valence-corrected chi connectivity index (χ1v) is 7.78. The number of amides is 1. The smallest absolute Gasteiger partial charge is 0.237 e. The Kier molecular flexibility index (Phi) is 5.51. The molecule has 2 rings (SSSR count). The van der Waals surface area contributed by atoms with Crippen LogP contribution in [0.2, 0.25) is 10.0 Å². The molecule has 2 aromatic carbocycles. The van der Waals surface area contributed by atoms with E-state index in [0.717, 1.165) is 11.8 Å². The Bertz CT molecular complexity index is 666. The summed E-state index contributed by atoms with van der Waals surface area (Å²) in [4.78, 5) is 12.6. The first-order valence-electron chi connectivity index (χ1n) is 6.14. The molecule has 0 bridgehead atoms. The number of benzene rings is 2. The highest BCUT2D eigenvalue weighted by Crippen LogP contribution is 2.29. The van der Waals surface area contributed by atoms with Gasteiger partial charge in [0.2, 0.25) is 5.91 Å². The molecule has 0 saturated heterocycles. The van der Waals surface area contributed by atoms with E-state index in [4.69, 9.17) is 23.2 Å². The van der Waals surface area contributed by atoms with Crippen LogP contribution in [0.5, 0.6) is 0 Å². The summed E-state index contributed by atoms with van der Waals surface area (Å²) in [7, 11) is 0. The largest absolute Gasteiger partial charge is 0.324 e. The van der Waals surface area contributed by atoms with Gasteiger partial charge in [-0.05, 0) is 37.3 Å². The van der Waals surface area contributed by atoms with Crippen LogP contribution in [-0.4, -0.2) is 11.2 Å². The van der Waals surface area contributed by atoms with Crippen molar-refractivity contribution in [3.05, 3.63) is 58.3 Å². The lowest BCUT2D eigenvalue weighted by Gasteiger charge is -2.13. The highest BCUT2D eigenvalue weighted by molar-refractivity contribution is 8.00. The third-order valence-electron chi connectivity index (χ3n) is 2.70. The van der Waals surface area contributed by atoms with Gasteiger partial charge < -0.3 is 5.32 Å². The van der Waals surface area contributed by atoms with Gasteiger partial charge in [0.15, 0.2) is 0 Å².